The third-order valence-corrected chi connectivity index (χ3v) is 7.89. The number of hydrogen-bond acceptors (Lipinski definition) is 1. The van der Waals surface area contributed by atoms with E-state index in [-0.39, 0.29) is 0 Å². The summed E-state index contributed by atoms with van der Waals surface area (Å²) in [6, 6.07) is 27.8. The molecule has 0 spiro atoms. The van der Waals surface area contributed by atoms with Crippen molar-refractivity contribution in [2.75, 3.05) is 6.54 Å². The molecule has 3 aromatic carbocycles. The summed E-state index contributed by atoms with van der Waals surface area (Å²) in [4.78, 5) is 0. The predicted octanol–water partition coefficient (Wildman–Crippen LogP) is 7.20. The average Bonchev–Trinajstić information content (AvgIpc) is 3.19. The number of aromatic nitrogens is 1. The standard InChI is InChI=1S/C29H32N2/c1-3-10-28-25(7-1)26-8-2-4-11-29(26)31(28)24-18-16-22(17-19-24)21-12-14-23(15-13-21)27-9-5-6-20-30-27/h1-4,7-8,10-11,16-19,21,23,27,30H,5-6,9,12-15,20H2. The minimum absolute atomic E-state index is 0.729. The van der Waals surface area contributed by atoms with Crippen molar-refractivity contribution >= 4 is 21.8 Å². The molecule has 31 heavy (non-hydrogen) atoms. The van der Waals surface area contributed by atoms with Gasteiger partial charge >= 0.3 is 0 Å². The summed E-state index contributed by atoms with van der Waals surface area (Å²) >= 11 is 0. The van der Waals surface area contributed by atoms with Crippen LogP contribution >= 0.6 is 0 Å². The zero-order valence-corrected chi connectivity index (χ0v) is 18.3. The van der Waals surface area contributed by atoms with E-state index in [4.69, 9.17) is 0 Å². The van der Waals surface area contributed by atoms with Crippen LogP contribution in [0, 0.1) is 5.92 Å². The molecule has 1 unspecified atom stereocenters. The van der Waals surface area contributed by atoms with Gasteiger partial charge in [0.25, 0.3) is 0 Å². The smallest absolute Gasteiger partial charge is 0.0541 e. The van der Waals surface area contributed by atoms with Crippen molar-refractivity contribution < 1.29 is 0 Å². The highest BCUT2D eigenvalue weighted by atomic mass is 15.0. The van der Waals surface area contributed by atoms with E-state index in [0.717, 1.165) is 17.9 Å². The van der Waals surface area contributed by atoms with E-state index in [9.17, 15) is 0 Å². The van der Waals surface area contributed by atoms with Gasteiger partial charge in [-0.05, 0) is 86.7 Å². The van der Waals surface area contributed by atoms with Crippen LogP contribution in [0.25, 0.3) is 27.5 Å². The highest BCUT2D eigenvalue weighted by Crippen LogP contribution is 2.39. The van der Waals surface area contributed by atoms with Gasteiger partial charge in [0.05, 0.1) is 11.0 Å². The molecule has 0 bridgehead atoms. The first kappa shape index (κ1) is 19.1. The molecule has 2 aliphatic rings. The number of para-hydroxylation sites is 2. The zero-order chi connectivity index (χ0) is 20.6. The Morgan fingerprint density at radius 1 is 0.645 bits per heavy atom. The lowest BCUT2D eigenvalue weighted by Crippen LogP contribution is -2.41. The summed E-state index contributed by atoms with van der Waals surface area (Å²) in [6.45, 7) is 1.23. The summed E-state index contributed by atoms with van der Waals surface area (Å²) in [5, 5.41) is 6.45. The average molecular weight is 409 g/mol. The third-order valence-electron chi connectivity index (χ3n) is 7.89. The maximum atomic E-state index is 3.79. The van der Waals surface area contributed by atoms with Crippen molar-refractivity contribution in [3.63, 3.8) is 0 Å². The molecule has 1 saturated carbocycles. The Balaban J connectivity index is 1.25. The van der Waals surface area contributed by atoms with E-state index in [1.165, 1.54) is 84.5 Å². The summed E-state index contributed by atoms with van der Waals surface area (Å²) in [5.41, 5.74) is 5.37. The minimum atomic E-state index is 0.729. The van der Waals surface area contributed by atoms with Crippen molar-refractivity contribution in [1.82, 2.24) is 9.88 Å². The molecule has 158 valence electrons. The van der Waals surface area contributed by atoms with Crippen molar-refractivity contribution in [3.8, 4) is 5.69 Å². The number of fused-ring (bicyclic) bond motifs is 3. The highest BCUT2D eigenvalue weighted by Gasteiger charge is 2.29. The van der Waals surface area contributed by atoms with Gasteiger partial charge in [-0.1, -0.05) is 55.0 Å². The molecular weight excluding hydrogens is 376 g/mol. The Labute approximate surface area is 185 Å². The van der Waals surface area contributed by atoms with Crippen LogP contribution in [-0.4, -0.2) is 17.2 Å². The number of piperidine rings is 1. The van der Waals surface area contributed by atoms with Gasteiger partial charge < -0.3 is 9.88 Å². The first-order chi connectivity index (χ1) is 15.4. The second-order valence-corrected chi connectivity index (χ2v) is 9.63. The van der Waals surface area contributed by atoms with Gasteiger partial charge in [-0.25, -0.2) is 0 Å². The third kappa shape index (κ3) is 3.47. The molecule has 2 nitrogen and oxygen atoms in total. The Hall–Kier alpha value is -2.58. The van der Waals surface area contributed by atoms with Gasteiger partial charge in [0.2, 0.25) is 0 Å². The molecular formula is C29H32N2. The fourth-order valence-electron chi connectivity index (χ4n) is 6.23. The van der Waals surface area contributed by atoms with E-state index in [1.54, 1.807) is 0 Å². The SMILES string of the molecule is c1ccc2c(c1)c1ccccc1n2-c1ccc(C2CCC(C3CCCCN3)CC2)cc1. The summed E-state index contributed by atoms with van der Waals surface area (Å²) in [5.74, 6) is 1.63. The molecule has 2 heterocycles. The van der Waals surface area contributed by atoms with Crippen LogP contribution in [0.5, 0.6) is 0 Å². The first-order valence-corrected chi connectivity index (χ1v) is 12.2. The van der Waals surface area contributed by atoms with Crippen LogP contribution in [-0.2, 0) is 0 Å². The molecule has 6 rings (SSSR count). The molecule has 0 radical (unpaired) electrons. The molecule has 1 atom stereocenters. The Bertz CT molecular complexity index is 1120. The quantitative estimate of drug-likeness (QED) is 0.379. The maximum absolute atomic E-state index is 3.79. The lowest BCUT2D eigenvalue weighted by atomic mass is 9.74. The van der Waals surface area contributed by atoms with Crippen LogP contribution in [0.1, 0.15) is 56.4 Å². The van der Waals surface area contributed by atoms with Crippen LogP contribution in [0.15, 0.2) is 72.8 Å². The fraction of sp³-hybridized carbons (Fsp3) is 0.379. The minimum Gasteiger partial charge on any atom is -0.314 e. The highest BCUT2D eigenvalue weighted by molar-refractivity contribution is 6.09. The molecule has 0 amide bonds. The van der Waals surface area contributed by atoms with Crippen molar-refractivity contribution in [3.05, 3.63) is 78.4 Å². The van der Waals surface area contributed by atoms with Gasteiger partial charge in [0.15, 0.2) is 0 Å². The molecule has 2 heteroatoms. The Morgan fingerprint density at radius 2 is 1.29 bits per heavy atom. The van der Waals surface area contributed by atoms with Gasteiger partial charge in [0.1, 0.15) is 0 Å². The van der Waals surface area contributed by atoms with E-state index in [0.29, 0.717) is 0 Å². The van der Waals surface area contributed by atoms with Gasteiger partial charge in [-0.15, -0.1) is 0 Å². The maximum Gasteiger partial charge on any atom is 0.0541 e. The van der Waals surface area contributed by atoms with Gasteiger partial charge in [-0.2, -0.15) is 0 Å². The van der Waals surface area contributed by atoms with Crippen LogP contribution in [0.2, 0.25) is 0 Å². The zero-order valence-electron chi connectivity index (χ0n) is 18.3. The van der Waals surface area contributed by atoms with Crippen LogP contribution in [0.4, 0.5) is 0 Å². The second kappa shape index (κ2) is 8.16. The monoisotopic (exact) mass is 408 g/mol. The number of nitrogens with one attached hydrogen (secondary N) is 1. The van der Waals surface area contributed by atoms with Crippen LogP contribution < -0.4 is 5.32 Å². The van der Waals surface area contributed by atoms with Crippen molar-refractivity contribution in [2.45, 2.75) is 56.9 Å². The Morgan fingerprint density at radius 3 is 1.90 bits per heavy atom. The summed E-state index contributed by atoms with van der Waals surface area (Å²) < 4.78 is 2.42. The topological polar surface area (TPSA) is 17.0 Å². The molecule has 1 aliphatic heterocycles. The summed E-state index contributed by atoms with van der Waals surface area (Å²) in [6.07, 6.45) is 9.64. The molecule has 1 saturated heterocycles. The van der Waals surface area contributed by atoms with E-state index in [2.05, 4.69) is 82.7 Å². The first-order valence-electron chi connectivity index (χ1n) is 12.2. The number of benzene rings is 3. The van der Waals surface area contributed by atoms with Crippen molar-refractivity contribution in [1.29, 1.82) is 0 Å². The number of nitrogens with zero attached hydrogens (tertiary/aromatic N) is 1. The lowest BCUT2D eigenvalue weighted by Gasteiger charge is -2.36. The number of rotatable bonds is 3. The molecule has 1 aromatic heterocycles. The number of hydrogen-bond donors (Lipinski definition) is 1. The lowest BCUT2D eigenvalue weighted by molar-refractivity contribution is 0.222. The second-order valence-electron chi connectivity index (χ2n) is 9.63. The van der Waals surface area contributed by atoms with Crippen LogP contribution in [0.3, 0.4) is 0 Å². The molecule has 4 aromatic rings. The molecule has 1 N–H and O–H groups in total. The largest absolute Gasteiger partial charge is 0.314 e. The molecule has 1 aliphatic carbocycles. The summed E-state index contributed by atoms with van der Waals surface area (Å²) in [7, 11) is 0. The van der Waals surface area contributed by atoms with Gasteiger partial charge in [0, 0.05) is 22.5 Å². The Kier molecular flexibility index (Phi) is 5.04. The predicted molar refractivity (Wildman–Crippen MR) is 131 cm³/mol. The van der Waals surface area contributed by atoms with Crippen molar-refractivity contribution in [2.24, 2.45) is 5.92 Å². The van der Waals surface area contributed by atoms with Gasteiger partial charge in [-0.3, -0.25) is 0 Å². The van der Waals surface area contributed by atoms with E-state index in [1.807, 2.05) is 0 Å². The fourth-order valence-corrected chi connectivity index (χ4v) is 6.23. The van der Waals surface area contributed by atoms with E-state index >= 15 is 0 Å². The normalized spacial score (nSPS) is 24.6. The van der Waals surface area contributed by atoms with E-state index < -0.39 is 0 Å². The molecule has 2 fully saturated rings.